The third-order valence-electron chi connectivity index (χ3n) is 3.75. The van der Waals surface area contributed by atoms with Crippen molar-refractivity contribution in [1.82, 2.24) is 10.3 Å². The minimum absolute atomic E-state index is 0.0360. The molecule has 1 amide bonds. The van der Waals surface area contributed by atoms with E-state index in [1.54, 1.807) is 30.3 Å². The number of hydrogen-bond donors (Lipinski definition) is 2. The molecule has 0 bridgehead atoms. The van der Waals surface area contributed by atoms with Crippen molar-refractivity contribution >= 4 is 16.8 Å². The van der Waals surface area contributed by atoms with Gasteiger partial charge in [-0.2, -0.15) is 13.2 Å². The number of rotatable bonds is 5. The van der Waals surface area contributed by atoms with Gasteiger partial charge in [-0.1, -0.05) is 30.3 Å². The summed E-state index contributed by atoms with van der Waals surface area (Å²) >= 11 is 0. The van der Waals surface area contributed by atoms with E-state index >= 15 is 0 Å². The number of aromatic amines is 1. The zero-order valence-electron chi connectivity index (χ0n) is 14.0. The van der Waals surface area contributed by atoms with Crippen molar-refractivity contribution in [2.45, 2.75) is 12.7 Å². The standard InChI is InChI=1S/C19H15F3N2O3/c20-19(21,22)11-27-14-6-3-4-12(8-14)10-23-17(25)15-9-13-5-1-2-7-16(13)24-18(15)26/h1-9H,10-11H2,(H,23,25)(H,24,26). The van der Waals surface area contributed by atoms with Gasteiger partial charge in [0.1, 0.15) is 11.3 Å². The maximum Gasteiger partial charge on any atom is 0.422 e. The molecule has 0 unspecified atom stereocenters. The SMILES string of the molecule is O=C(NCc1cccc(OCC(F)(F)F)c1)c1cc2ccccc2[nH]c1=O. The highest BCUT2D eigenvalue weighted by molar-refractivity contribution is 5.97. The van der Waals surface area contributed by atoms with Crippen LogP contribution in [0.3, 0.4) is 0 Å². The van der Waals surface area contributed by atoms with E-state index in [9.17, 15) is 22.8 Å². The molecular weight excluding hydrogens is 361 g/mol. The van der Waals surface area contributed by atoms with Crippen LogP contribution < -0.4 is 15.6 Å². The Balaban J connectivity index is 1.69. The van der Waals surface area contributed by atoms with Crippen molar-refractivity contribution in [2.24, 2.45) is 0 Å². The number of halogens is 3. The highest BCUT2D eigenvalue weighted by Gasteiger charge is 2.28. The summed E-state index contributed by atoms with van der Waals surface area (Å²) in [4.78, 5) is 27.0. The number of nitrogens with one attached hydrogen (secondary N) is 2. The third-order valence-corrected chi connectivity index (χ3v) is 3.75. The summed E-state index contributed by atoms with van der Waals surface area (Å²) in [6.45, 7) is -1.36. The number of benzene rings is 2. The number of aromatic nitrogens is 1. The Morgan fingerprint density at radius 2 is 1.85 bits per heavy atom. The van der Waals surface area contributed by atoms with E-state index in [0.717, 1.165) is 0 Å². The molecular formula is C19H15F3N2O3. The molecule has 0 aliphatic heterocycles. The predicted molar refractivity (Wildman–Crippen MR) is 93.7 cm³/mol. The van der Waals surface area contributed by atoms with Crippen molar-refractivity contribution in [3.63, 3.8) is 0 Å². The number of para-hydroxylation sites is 1. The Morgan fingerprint density at radius 1 is 1.07 bits per heavy atom. The van der Waals surface area contributed by atoms with Gasteiger partial charge in [0.2, 0.25) is 0 Å². The Labute approximate surface area is 151 Å². The van der Waals surface area contributed by atoms with Gasteiger partial charge in [0, 0.05) is 12.1 Å². The van der Waals surface area contributed by atoms with E-state index in [4.69, 9.17) is 0 Å². The first-order chi connectivity index (χ1) is 12.8. The number of carbonyl (C=O) groups is 1. The number of carbonyl (C=O) groups excluding carboxylic acids is 1. The summed E-state index contributed by atoms with van der Waals surface area (Å²) in [6, 6.07) is 14.5. The molecule has 0 atom stereocenters. The van der Waals surface area contributed by atoms with Crippen molar-refractivity contribution in [1.29, 1.82) is 0 Å². The topological polar surface area (TPSA) is 71.2 Å². The Kier molecular flexibility index (Phi) is 5.16. The average molecular weight is 376 g/mol. The van der Waals surface area contributed by atoms with Gasteiger partial charge < -0.3 is 15.0 Å². The third kappa shape index (κ3) is 4.87. The van der Waals surface area contributed by atoms with Crippen LogP contribution in [0.25, 0.3) is 10.9 Å². The van der Waals surface area contributed by atoms with Gasteiger partial charge in [0.05, 0.1) is 0 Å². The second kappa shape index (κ2) is 7.53. The van der Waals surface area contributed by atoms with Crippen LogP contribution in [0, 0.1) is 0 Å². The van der Waals surface area contributed by atoms with E-state index in [1.165, 1.54) is 24.3 Å². The molecule has 3 aromatic rings. The highest BCUT2D eigenvalue weighted by atomic mass is 19.4. The second-order valence-electron chi connectivity index (χ2n) is 5.83. The Bertz CT molecular complexity index is 1030. The summed E-state index contributed by atoms with van der Waals surface area (Å²) in [5.41, 5.74) is 0.598. The molecule has 1 heterocycles. The van der Waals surface area contributed by atoms with Gasteiger partial charge in [-0.05, 0) is 35.2 Å². The molecule has 0 saturated carbocycles. The maximum absolute atomic E-state index is 12.3. The van der Waals surface area contributed by atoms with Crippen LogP contribution in [-0.2, 0) is 6.54 Å². The summed E-state index contributed by atoms with van der Waals surface area (Å²) < 4.78 is 41.3. The van der Waals surface area contributed by atoms with Crippen molar-refractivity contribution in [2.75, 3.05) is 6.61 Å². The van der Waals surface area contributed by atoms with Gasteiger partial charge in [-0.15, -0.1) is 0 Å². The van der Waals surface area contributed by atoms with Crippen LogP contribution >= 0.6 is 0 Å². The Morgan fingerprint density at radius 3 is 2.63 bits per heavy atom. The van der Waals surface area contributed by atoms with Crippen LogP contribution in [0.2, 0.25) is 0 Å². The molecule has 140 valence electrons. The first kappa shape index (κ1) is 18.5. The van der Waals surface area contributed by atoms with E-state index < -0.39 is 24.2 Å². The summed E-state index contributed by atoms with van der Waals surface area (Å²) in [6.07, 6.45) is -4.43. The molecule has 0 aliphatic carbocycles. The average Bonchev–Trinajstić information content (AvgIpc) is 2.63. The van der Waals surface area contributed by atoms with Crippen LogP contribution in [0.15, 0.2) is 59.4 Å². The molecule has 5 nitrogen and oxygen atoms in total. The molecule has 3 rings (SSSR count). The molecule has 0 fully saturated rings. The maximum atomic E-state index is 12.3. The molecule has 0 aliphatic rings. The van der Waals surface area contributed by atoms with Crippen LogP contribution in [0.5, 0.6) is 5.75 Å². The number of amides is 1. The molecule has 2 N–H and O–H groups in total. The van der Waals surface area contributed by atoms with Crippen molar-refractivity contribution in [3.8, 4) is 5.75 Å². The smallest absolute Gasteiger partial charge is 0.422 e. The molecule has 1 aromatic heterocycles. The van der Waals surface area contributed by atoms with Crippen molar-refractivity contribution in [3.05, 3.63) is 76.1 Å². The van der Waals surface area contributed by atoms with Gasteiger partial charge in [-0.3, -0.25) is 9.59 Å². The zero-order valence-corrected chi connectivity index (χ0v) is 14.0. The number of ether oxygens (including phenoxy) is 1. The van der Waals surface area contributed by atoms with E-state index in [0.29, 0.717) is 16.5 Å². The molecule has 0 radical (unpaired) electrons. The monoisotopic (exact) mass is 376 g/mol. The van der Waals surface area contributed by atoms with E-state index in [2.05, 4.69) is 15.0 Å². The minimum Gasteiger partial charge on any atom is -0.484 e. The number of pyridine rings is 1. The van der Waals surface area contributed by atoms with Gasteiger partial charge in [0.15, 0.2) is 6.61 Å². The number of hydrogen-bond acceptors (Lipinski definition) is 3. The van der Waals surface area contributed by atoms with Gasteiger partial charge in [-0.25, -0.2) is 0 Å². The largest absolute Gasteiger partial charge is 0.484 e. The van der Waals surface area contributed by atoms with Crippen LogP contribution in [-0.4, -0.2) is 23.7 Å². The van der Waals surface area contributed by atoms with Crippen molar-refractivity contribution < 1.29 is 22.7 Å². The van der Waals surface area contributed by atoms with Gasteiger partial charge in [0.25, 0.3) is 11.5 Å². The first-order valence-corrected chi connectivity index (χ1v) is 8.00. The van der Waals surface area contributed by atoms with Crippen LogP contribution in [0.1, 0.15) is 15.9 Å². The van der Waals surface area contributed by atoms with Gasteiger partial charge >= 0.3 is 6.18 Å². The molecule has 2 aromatic carbocycles. The lowest BCUT2D eigenvalue weighted by Gasteiger charge is -2.11. The fraction of sp³-hybridized carbons (Fsp3) is 0.158. The van der Waals surface area contributed by atoms with E-state index in [1.807, 2.05) is 0 Å². The molecule has 8 heteroatoms. The summed E-state index contributed by atoms with van der Waals surface area (Å²) in [5.74, 6) is -0.536. The summed E-state index contributed by atoms with van der Waals surface area (Å²) in [5, 5.41) is 3.30. The molecule has 27 heavy (non-hydrogen) atoms. The summed E-state index contributed by atoms with van der Waals surface area (Å²) in [7, 11) is 0. The second-order valence-corrected chi connectivity index (χ2v) is 5.83. The number of fused-ring (bicyclic) bond motifs is 1. The number of alkyl halides is 3. The lowest BCUT2D eigenvalue weighted by molar-refractivity contribution is -0.153. The van der Waals surface area contributed by atoms with E-state index in [-0.39, 0.29) is 17.9 Å². The normalized spacial score (nSPS) is 11.4. The minimum atomic E-state index is -4.43. The highest BCUT2D eigenvalue weighted by Crippen LogP contribution is 2.19. The van der Waals surface area contributed by atoms with Crippen LogP contribution in [0.4, 0.5) is 13.2 Å². The predicted octanol–water partition coefficient (Wildman–Crippen LogP) is 3.40. The quantitative estimate of drug-likeness (QED) is 0.717. The molecule has 0 spiro atoms. The first-order valence-electron chi connectivity index (χ1n) is 8.00. The lowest BCUT2D eigenvalue weighted by Crippen LogP contribution is -2.29. The Hall–Kier alpha value is -3.29. The zero-order chi connectivity index (χ0) is 19.4. The fourth-order valence-electron chi connectivity index (χ4n) is 2.50. The lowest BCUT2D eigenvalue weighted by atomic mass is 10.1. The fourth-order valence-corrected chi connectivity index (χ4v) is 2.50. The molecule has 0 saturated heterocycles. The number of H-pyrrole nitrogens is 1.